The zero-order valence-electron chi connectivity index (χ0n) is 10.2. The molecule has 1 aliphatic carbocycles. The minimum absolute atomic E-state index is 0.0272. The summed E-state index contributed by atoms with van der Waals surface area (Å²) in [7, 11) is 3.38. The maximum atomic E-state index is 11.4. The molecule has 0 aromatic carbocycles. The lowest BCUT2D eigenvalue weighted by Crippen LogP contribution is -2.24. The monoisotopic (exact) mass is 227 g/mol. The molecular weight excluding hydrogens is 206 g/mol. The molecule has 0 saturated heterocycles. The highest BCUT2D eigenvalue weighted by Gasteiger charge is 2.18. The van der Waals surface area contributed by atoms with Crippen LogP contribution in [0.5, 0.6) is 0 Å². The quantitative estimate of drug-likeness (QED) is 0.687. The summed E-state index contributed by atoms with van der Waals surface area (Å²) in [4.78, 5) is 24.2. The lowest BCUT2D eigenvalue weighted by molar-refractivity contribution is -0.152. The van der Waals surface area contributed by atoms with Crippen LogP contribution >= 0.6 is 0 Å². The molecule has 0 atom stereocenters. The summed E-state index contributed by atoms with van der Waals surface area (Å²) in [5.41, 5.74) is 0. The van der Waals surface area contributed by atoms with Gasteiger partial charge in [-0.25, -0.2) is 0 Å². The highest BCUT2D eigenvalue weighted by Crippen LogP contribution is 2.20. The van der Waals surface area contributed by atoms with Gasteiger partial charge in [-0.3, -0.25) is 9.59 Å². The summed E-state index contributed by atoms with van der Waals surface area (Å²) >= 11 is 0. The van der Waals surface area contributed by atoms with Crippen LogP contribution in [0.4, 0.5) is 0 Å². The highest BCUT2D eigenvalue weighted by atomic mass is 16.5. The molecule has 4 nitrogen and oxygen atoms in total. The first-order chi connectivity index (χ1) is 7.59. The van der Waals surface area contributed by atoms with E-state index in [0.29, 0.717) is 0 Å². The van der Waals surface area contributed by atoms with Crippen LogP contribution in [-0.4, -0.2) is 37.0 Å². The number of carbonyl (C=O) groups excluding carboxylic acids is 2. The largest absolute Gasteiger partial charge is 0.462 e. The fraction of sp³-hybridized carbons (Fsp3) is 0.833. The Bertz CT molecular complexity index is 245. The molecule has 1 saturated carbocycles. The van der Waals surface area contributed by atoms with E-state index in [4.69, 9.17) is 4.74 Å². The van der Waals surface area contributed by atoms with Crippen molar-refractivity contribution in [2.24, 2.45) is 0 Å². The van der Waals surface area contributed by atoms with E-state index in [1.54, 1.807) is 14.1 Å². The van der Waals surface area contributed by atoms with Crippen molar-refractivity contribution in [2.75, 3.05) is 14.1 Å². The first-order valence-electron chi connectivity index (χ1n) is 5.99. The molecule has 0 heterocycles. The Kier molecular flexibility index (Phi) is 5.29. The van der Waals surface area contributed by atoms with Crippen molar-refractivity contribution in [1.82, 2.24) is 4.90 Å². The van der Waals surface area contributed by atoms with E-state index >= 15 is 0 Å². The molecule has 1 amide bonds. The number of carbonyl (C=O) groups is 2. The molecule has 0 spiro atoms. The maximum Gasteiger partial charge on any atom is 0.306 e. The Morgan fingerprint density at radius 3 is 2.31 bits per heavy atom. The molecule has 0 bridgehead atoms. The summed E-state index contributed by atoms with van der Waals surface area (Å²) in [6.07, 6.45) is 6.04. The van der Waals surface area contributed by atoms with Crippen LogP contribution in [0.15, 0.2) is 0 Å². The Morgan fingerprint density at radius 1 is 1.12 bits per heavy atom. The summed E-state index contributed by atoms with van der Waals surface area (Å²) < 4.78 is 5.31. The molecule has 0 aromatic rings. The Labute approximate surface area is 96.9 Å². The van der Waals surface area contributed by atoms with E-state index in [2.05, 4.69) is 0 Å². The van der Waals surface area contributed by atoms with Gasteiger partial charge in [0, 0.05) is 20.5 Å². The van der Waals surface area contributed by atoms with Crippen molar-refractivity contribution in [3.8, 4) is 0 Å². The van der Waals surface area contributed by atoms with E-state index in [9.17, 15) is 9.59 Å². The third-order valence-corrected chi connectivity index (χ3v) is 2.89. The predicted molar refractivity (Wildman–Crippen MR) is 60.9 cm³/mol. The molecule has 0 aliphatic heterocycles. The number of amides is 1. The van der Waals surface area contributed by atoms with Gasteiger partial charge < -0.3 is 9.64 Å². The Hall–Kier alpha value is -1.06. The zero-order valence-corrected chi connectivity index (χ0v) is 10.2. The van der Waals surface area contributed by atoms with Gasteiger partial charge in [0.05, 0.1) is 6.42 Å². The molecular formula is C12H21NO3. The second-order valence-corrected chi connectivity index (χ2v) is 4.54. The van der Waals surface area contributed by atoms with Crippen molar-refractivity contribution >= 4 is 11.9 Å². The minimum Gasteiger partial charge on any atom is -0.462 e. The summed E-state index contributed by atoms with van der Waals surface area (Å²) in [5, 5.41) is 0. The third kappa shape index (κ3) is 4.64. The van der Waals surface area contributed by atoms with Crippen LogP contribution < -0.4 is 0 Å². The average molecular weight is 227 g/mol. The molecule has 4 heteroatoms. The number of hydrogen-bond donors (Lipinski definition) is 0. The van der Waals surface area contributed by atoms with Gasteiger partial charge in [0.15, 0.2) is 0 Å². The second-order valence-electron chi connectivity index (χ2n) is 4.54. The van der Waals surface area contributed by atoms with Crippen LogP contribution in [0.25, 0.3) is 0 Å². The van der Waals surface area contributed by atoms with Crippen molar-refractivity contribution < 1.29 is 14.3 Å². The summed E-state index contributed by atoms with van der Waals surface area (Å²) in [6.45, 7) is 0. The fourth-order valence-electron chi connectivity index (χ4n) is 1.86. The van der Waals surface area contributed by atoms with Gasteiger partial charge in [-0.15, -0.1) is 0 Å². The molecule has 0 radical (unpaired) electrons. The normalized spacial score (nSPS) is 16.9. The van der Waals surface area contributed by atoms with E-state index in [0.717, 1.165) is 25.7 Å². The first kappa shape index (κ1) is 13.0. The molecule has 1 aliphatic rings. The maximum absolute atomic E-state index is 11.4. The SMILES string of the molecule is CN(C)C(=O)CCC(=O)OC1CCCCC1. The Morgan fingerprint density at radius 2 is 1.75 bits per heavy atom. The first-order valence-corrected chi connectivity index (χ1v) is 5.99. The molecule has 1 fully saturated rings. The van der Waals surface area contributed by atoms with E-state index in [-0.39, 0.29) is 30.8 Å². The molecule has 16 heavy (non-hydrogen) atoms. The van der Waals surface area contributed by atoms with Crippen LogP contribution in [0.2, 0.25) is 0 Å². The van der Waals surface area contributed by atoms with E-state index in [1.807, 2.05) is 0 Å². The highest BCUT2D eigenvalue weighted by molar-refractivity contribution is 5.81. The van der Waals surface area contributed by atoms with Crippen molar-refractivity contribution in [1.29, 1.82) is 0 Å². The summed E-state index contributed by atoms with van der Waals surface area (Å²) in [6, 6.07) is 0. The van der Waals surface area contributed by atoms with Gasteiger partial charge in [0.1, 0.15) is 6.10 Å². The average Bonchev–Trinajstić information content (AvgIpc) is 2.27. The zero-order chi connectivity index (χ0) is 12.0. The molecule has 0 N–H and O–H groups in total. The van der Waals surface area contributed by atoms with Gasteiger partial charge in [0.25, 0.3) is 0 Å². The molecule has 0 aromatic heterocycles. The lowest BCUT2D eigenvalue weighted by Gasteiger charge is -2.21. The van der Waals surface area contributed by atoms with E-state index < -0.39 is 0 Å². The van der Waals surface area contributed by atoms with Gasteiger partial charge >= 0.3 is 5.97 Å². The van der Waals surface area contributed by atoms with Crippen LogP contribution in [0.1, 0.15) is 44.9 Å². The van der Waals surface area contributed by atoms with Crippen molar-refractivity contribution in [3.63, 3.8) is 0 Å². The van der Waals surface area contributed by atoms with Crippen molar-refractivity contribution in [2.45, 2.75) is 51.0 Å². The lowest BCUT2D eigenvalue weighted by atomic mass is 9.98. The van der Waals surface area contributed by atoms with Gasteiger partial charge in [-0.1, -0.05) is 6.42 Å². The predicted octanol–water partition coefficient (Wildman–Crippen LogP) is 1.73. The summed E-state index contributed by atoms with van der Waals surface area (Å²) in [5.74, 6) is -0.261. The minimum atomic E-state index is -0.234. The number of rotatable bonds is 4. The van der Waals surface area contributed by atoms with Crippen molar-refractivity contribution in [3.05, 3.63) is 0 Å². The van der Waals surface area contributed by atoms with E-state index in [1.165, 1.54) is 11.3 Å². The van der Waals surface area contributed by atoms with Crippen LogP contribution in [-0.2, 0) is 14.3 Å². The third-order valence-electron chi connectivity index (χ3n) is 2.89. The van der Waals surface area contributed by atoms with Gasteiger partial charge in [-0.05, 0) is 25.7 Å². The van der Waals surface area contributed by atoms with Crippen LogP contribution in [0, 0.1) is 0 Å². The van der Waals surface area contributed by atoms with Gasteiger partial charge in [0.2, 0.25) is 5.91 Å². The molecule has 1 rings (SSSR count). The number of nitrogens with zero attached hydrogens (tertiary/aromatic N) is 1. The molecule has 92 valence electrons. The topological polar surface area (TPSA) is 46.6 Å². The number of esters is 1. The smallest absolute Gasteiger partial charge is 0.306 e. The van der Waals surface area contributed by atoms with Crippen LogP contribution in [0.3, 0.4) is 0 Å². The fourth-order valence-corrected chi connectivity index (χ4v) is 1.86. The van der Waals surface area contributed by atoms with Gasteiger partial charge in [-0.2, -0.15) is 0 Å². The molecule has 0 unspecified atom stereocenters. The standard InChI is InChI=1S/C12H21NO3/c1-13(2)11(14)8-9-12(15)16-10-6-4-3-5-7-10/h10H,3-9H2,1-2H3. The number of ether oxygens (including phenoxy) is 1. The second kappa shape index (κ2) is 6.51. The Balaban J connectivity index is 2.17. The number of hydrogen-bond acceptors (Lipinski definition) is 3.